The number of hydrogen-bond acceptors (Lipinski definition) is 3. The number of carbonyl (C=O) groups excluding carboxylic acids is 1. The van der Waals surface area contributed by atoms with E-state index in [-0.39, 0.29) is 5.78 Å². The van der Waals surface area contributed by atoms with E-state index in [0.717, 1.165) is 25.5 Å². The molecular formula is C14H13BrO2S. The van der Waals surface area contributed by atoms with Crippen LogP contribution in [0.2, 0.25) is 0 Å². The minimum Gasteiger partial charge on any atom is -0.496 e. The summed E-state index contributed by atoms with van der Waals surface area (Å²) in [6.07, 6.45) is 0.371. The van der Waals surface area contributed by atoms with Crippen molar-refractivity contribution in [2.75, 3.05) is 7.11 Å². The largest absolute Gasteiger partial charge is 0.496 e. The molecule has 1 aromatic heterocycles. The maximum absolute atomic E-state index is 12.2. The van der Waals surface area contributed by atoms with Gasteiger partial charge in [-0.3, -0.25) is 4.79 Å². The van der Waals surface area contributed by atoms with Crippen LogP contribution in [0.4, 0.5) is 0 Å². The fraction of sp³-hybridized carbons (Fsp3) is 0.214. The first kappa shape index (κ1) is 13.3. The third-order valence-electron chi connectivity index (χ3n) is 2.68. The molecule has 0 atom stereocenters. The van der Waals surface area contributed by atoms with Gasteiger partial charge in [0.05, 0.1) is 12.0 Å². The molecule has 0 saturated carbocycles. The van der Waals surface area contributed by atoms with Crippen molar-refractivity contribution in [1.29, 1.82) is 0 Å². The van der Waals surface area contributed by atoms with E-state index >= 15 is 0 Å². The summed E-state index contributed by atoms with van der Waals surface area (Å²) in [5, 5.41) is 0. The molecule has 0 amide bonds. The lowest BCUT2D eigenvalue weighted by atomic mass is 10.1. The number of methoxy groups -OCH3 is 1. The van der Waals surface area contributed by atoms with Crippen LogP contribution in [-0.2, 0) is 6.42 Å². The van der Waals surface area contributed by atoms with Gasteiger partial charge in [0, 0.05) is 21.3 Å². The molecule has 2 aromatic rings. The number of Topliss-reactive ketones (excluding diaryl/α,β-unsaturated/α-hetero) is 1. The standard InChI is InChI=1S/C14H13BrO2S/c1-9-11(15)8-14(18-9)12(16)7-10-5-3-4-6-13(10)17-2/h3-6,8H,7H2,1-2H3. The smallest absolute Gasteiger partial charge is 0.177 e. The van der Waals surface area contributed by atoms with E-state index < -0.39 is 0 Å². The highest BCUT2D eigenvalue weighted by Crippen LogP contribution is 2.28. The Morgan fingerprint density at radius 1 is 1.39 bits per heavy atom. The monoisotopic (exact) mass is 324 g/mol. The lowest BCUT2D eigenvalue weighted by molar-refractivity contribution is 0.0996. The number of benzene rings is 1. The van der Waals surface area contributed by atoms with Gasteiger partial charge in [0.25, 0.3) is 0 Å². The Morgan fingerprint density at radius 2 is 2.11 bits per heavy atom. The van der Waals surface area contributed by atoms with E-state index in [9.17, 15) is 4.79 Å². The average molecular weight is 325 g/mol. The molecule has 0 aliphatic heterocycles. The van der Waals surface area contributed by atoms with Gasteiger partial charge >= 0.3 is 0 Å². The molecule has 0 bridgehead atoms. The van der Waals surface area contributed by atoms with Gasteiger partial charge in [-0.2, -0.15) is 0 Å². The van der Waals surface area contributed by atoms with Crippen molar-refractivity contribution in [3.63, 3.8) is 0 Å². The number of thiophene rings is 1. The van der Waals surface area contributed by atoms with Crippen molar-refractivity contribution < 1.29 is 9.53 Å². The summed E-state index contributed by atoms with van der Waals surface area (Å²) < 4.78 is 6.25. The van der Waals surface area contributed by atoms with E-state index in [0.29, 0.717) is 6.42 Å². The topological polar surface area (TPSA) is 26.3 Å². The van der Waals surface area contributed by atoms with E-state index in [4.69, 9.17) is 4.74 Å². The van der Waals surface area contributed by atoms with Crippen LogP contribution in [0.15, 0.2) is 34.8 Å². The van der Waals surface area contributed by atoms with Gasteiger partial charge in [0.15, 0.2) is 5.78 Å². The quantitative estimate of drug-likeness (QED) is 0.786. The van der Waals surface area contributed by atoms with Crippen LogP contribution >= 0.6 is 27.3 Å². The Bertz CT molecular complexity index is 555. The number of ketones is 1. The molecule has 0 unspecified atom stereocenters. The average Bonchev–Trinajstić information content (AvgIpc) is 2.70. The predicted octanol–water partition coefficient (Wildman–Crippen LogP) is 4.25. The third-order valence-corrected chi connectivity index (χ3v) is 4.85. The van der Waals surface area contributed by atoms with Crippen LogP contribution in [0, 0.1) is 6.92 Å². The van der Waals surface area contributed by atoms with Crippen molar-refractivity contribution >= 4 is 33.0 Å². The normalized spacial score (nSPS) is 10.4. The van der Waals surface area contributed by atoms with E-state index in [2.05, 4.69) is 15.9 Å². The molecule has 0 fully saturated rings. The molecule has 18 heavy (non-hydrogen) atoms. The zero-order valence-electron chi connectivity index (χ0n) is 10.2. The van der Waals surface area contributed by atoms with Crippen molar-refractivity contribution in [3.8, 4) is 5.75 Å². The van der Waals surface area contributed by atoms with Crippen LogP contribution < -0.4 is 4.74 Å². The van der Waals surface area contributed by atoms with Gasteiger partial charge in [-0.05, 0) is 35.0 Å². The Morgan fingerprint density at radius 3 is 2.72 bits per heavy atom. The summed E-state index contributed by atoms with van der Waals surface area (Å²) in [4.78, 5) is 14.1. The minimum atomic E-state index is 0.123. The molecule has 2 rings (SSSR count). The molecule has 1 heterocycles. The summed E-state index contributed by atoms with van der Waals surface area (Å²) >= 11 is 4.95. The van der Waals surface area contributed by atoms with Crippen molar-refractivity contribution in [1.82, 2.24) is 0 Å². The molecule has 0 saturated heterocycles. The van der Waals surface area contributed by atoms with Gasteiger partial charge < -0.3 is 4.74 Å². The van der Waals surface area contributed by atoms with Crippen LogP contribution in [0.1, 0.15) is 20.1 Å². The Balaban J connectivity index is 2.21. The highest BCUT2D eigenvalue weighted by atomic mass is 79.9. The lowest BCUT2D eigenvalue weighted by Crippen LogP contribution is -2.02. The second kappa shape index (κ2) is 5.67. The van der Waals surface area contributed by atoms with Crippen LogP contribution in [-0.4, -0.2) is 12.9 Å². The van der Waals surface area contributed by atoms with E-state index in [1.807, 2.05) is 37.3 Å². The molecule has 2 nitrogen and oxygen atoms in total. The summed E-state index contributed by atoms with van der Waals surface area (Å²) in [7, 11) is 1.62. The fourth-order valence-electron chi connectivity index (χ4n) is 1.71. The third kappa shape index (κ3) is 2.82. The fourth-order valence-corrected chi connectivity index (χ4v) is 3.18. The van der Waals surface area contributed by atoms with Crippen molar-refractivity contribution in [2.24, 2.45) is 0 Å². The first-order valence-corrected chi connectivity index (χ1v) is 7.14. The number of para-hydroxylation sites is 1. The second-order valence-corrected chi connectivity index (χ2v) is 6.04. The predicted molar refractivity (Wildman–Crippen MR) is 77.8 cm³/mol. The summed E-state index contributed by atoms with van der Waals surface area (Å²) in [6.45, 7) is 1.99. The summed E-state index contributed by atoms with van der Waals surface area (Å²) in [5.74, 6) is 0.886. The highest BCUT2D eigenvalue weighted by molar-refractivity contribution is 9.10. The zero-order valence-corrected chi connectivity index (χ0v) is 12.6. The molecule has 0 spiro atoms. The van der Waals surface area contributed by atoms with Gasteiger partial charge in [-0.25, -0.2) is 0 Å². The Hall–Kier alpha value is -1.13. The highest BCUT2D eigenvalue weighted by Gasteiger charge is 2.13. The van der Waals surface area contributed by atoms with Crippen LogP contribution in [0.5, 0.6) is 5.75 Å². The van der Waals surface area contributed by atoms with Crippen LogP contribution in [0.25, 0.3) is 0 Å². The van der Waals surface area contributed by atoms with Gasteiger partial charge in [-0.1, -0.05) is 18.2 Å². The Labute approximate surface area is 119 Å². The number of ether oxygens (including phenoxy) is 1. The SMILES string of the molecule is COc1ccccc1CC(=O)c1cc(Br)c(C)s1. The number of halogens is 1. The summed E-state index contributed by atoms with van der Waals surface area (Å²) in [5.41, 5.74) is 0.923. The second-order valence-electron chi connectivity index (χ2n) is 3.93. The minimum absolute atomic E-state index is 0.123. The molecule has 0 aliphatic carbocycles. The maximum Gasteiger partial charge on any atom is 0.177 e. The Kier molecular flexibility index (Phi) is 4.19. The maximum atomic E-state index is 12.2. The van der Waals surface area contributed by atoms with Crippen molar-refractivity contribution in [3.05, 3.63) is 50.1 Å². The van der Waals surface area contributed by atoms with Gasteiger partial charge in [0.2, 0.25) is 0 Å². The molecule has 4 heteroatoms. The molecular weight excluding hydrogens is 312 g/mol. The first-order chi connectivity index (χ1) is 8.61. The number of hydrogen-bond donors (Lipinski definition) is 0. The number of carbonyl (C=O) groups is 1. The molecule has 0 aliphatic rings. The number of rotatable bonds is 4. The first-order valence-electron chi connectivity index (χ1n) is 5.53. The lowest BCUT2D eigenvalue weighted by Gasteiger charge is -2.06. The summed E-state index contributed by atoms with van der Waals surface area (Å²) in [6, 6.07) is 9.50. The number of aryl methyl sites for hydroxylation is 1. The molecule has 94 valence electrons. The zero-order chi connectivity index (χ0) is 13.1. The molecule has 1 aromatic carbocycles. The van der Waals surface area contributed by atoms with E-state index in [1.54, 1.807) is 7.11 Å². The van der Waals surface area contributed by atoms with Crippen molar-refractivity contribution in [2.45, 2.75) is 13.3 Å². The van der Waals surface area contributed by atoms with Gasteiger partial charge in [0.1, 0.15) is 5.75 Å². The molecule has 0 N–H and O–H groups in total. The van der Waals surface area contributed by atoms with E-state index in [1.165, 1.54) is 11.3 Å². The van der Waals surface area contributed by atoms with Crippen LogP contribution in [0.3, 0.4) is 0 Å². The van der Waals surface area contributed by atoms with Gasteiger partial charge in [-0.15, -0.1) is 11.3 Å². The molecule has 0 radical (unpaired) electrons.